The molecule has 0 aliphatic carbocycles. The van der Waals surface area contributed by atoms with Crippen molar-refractivity contribution in [3.63, 3.8) is 0 Å². The van der Waals surface area contributed by atoms with Gasteiger partial charge in [-0.2, -0.15) is 0 Å². The largest absolute Gasteiger partial charge is 0.489 e. The van der Waals surface area contributed by atoms with Gasteiger partial charge >= 0.3 is 0 Å². The number of rotatable bonds is 5. The number of para-hydroxylation sites is 1. The van der Waals surface area contributed by atoms with Crippen LogP contribution in [0.1, 0.15) is 17.2 Å². The Morgan fingerprint density at radius 1 is 1.16 bits per heavy atom. The second-order valence-corrected chi connectivity index (χ2v) is 4.68. The van der Waals surface area contributed by atoms with Crippen LogP contribution in [-0.4, -0.2) is 11.7 Å². The third-order valence-corrected chi connectivity index (χ3v) is 3.03. The first-order chi connectivity index (χ1) is 9.20. The minimum Gasteiger partial charge on any atom is -0.489 e. The Balaban J connectivity index is 2.11. The SMILES string of the molecule is N[C@H](CO)c1ccccc1OCc1cccc(Cl)c1. The minimum atomic E-state index is -0.435. The standard InChI is InChI=1S/C15H16ClNO2/c16-12-5-3-4-11(8-12)10-19-15-7-2-1-6-13(15)14(17)9-18/h1-8,14,18H,9-10,17H2/t14-/m1/s1. The molecular weight excluding hydrogens is 262 g/mol. The second-order valence-electron chi connectivity index (χ2n) is 4.25. The van der Waals surface area contributed by atoms with Crippen molar-refractivity contribution in [2.24, 2.45) is 5.73 Å². The van der Waals surface area contributed by atoms with Crippen molar-refractivity contribution in [1.82, 2.24) is 0 Å². The van der Waals surface area contributed by atoms with Gasteiger partial charge in [0.1, 0.15) is 12.4 Å². The molecule has 100 valence electrons. The zero-order chi connectivity index (χ0) is 13.7. The van der Waals surface area contributed by atoms with Crippen molar-refractivity contribution in [2.45, 2.75) is 12.6 Å². The number of aliphatic hydroxyl groups is 1. The highest BCUT2D eigenvalue weighted by Crippen LogP contribution is 2.24. The summed E-state index contributed by atoms with van der Waals surface area (Å²) in [7, 11) is 0. The highest BCUT2D eigenvalue weighted by atomic mass is 35.5. The van der Waals surface area contributed by atoms with Crippen LogP contribution in [0, 0.1) is 0 Å². The van der Waals surface area contributed by atoms with Crippen LogP contribution in [0.2, 0.25) is 5.02 Å². The normalized spacial score (nSPS) is 12.2. The van der Waals surface area contributed by atoms with Gasteiger partial charge in [0.2, 0.25) is 0 Å². The molecule has 3 N–H and O–H groups in total. The number of benzene rings is 2. The molecule has 2 aromatic carbocycles. The number of hydrogen-bond donors (Lipinski definition) is 2. The Morgan fingerprint density at radius 2 is 1.95 bits per heavy atom. The van der Waals surface area contributed by atoms with Crippen molar-refractivity contribution in [1.29, 1.82) is 0 Å². The van der Waals surface area contributed by atoms with E-state index in [-0.39, 0.29) is 6.61 Å². The fourth-order valence-corrected chi connectivity index (χ4v) is 2.02. The quantitative estimate of drug-likeness (QED) is 0.883. The molecule has 0 aromatic heterocycles. The van der Waals surface area contributed by atoms with Crippen molar-refractivity contribution in [3.05, 3.63) is 64.7 Å². The molecule has 0 unspecified atom stereocenters. The van der Waals surface area contributed by atoms with Gasteiger partial charge < -0.3 is 15.6 Å². The van der Waals surface area contributed by atoms with E-state index < -0.39 is 6.04 Å². The Hall–Kier alpha value is -1.55. The number of halogens is 1. The molecule has 0 saturated carbocycles. The van der Waals surface area contributed by atoms with Gasteiger partial charge in [0, 0.05) is 10.6 Å². The maximum absolute atomic E-state index is 9.14. The van der Waals surface area contributed by atoms with E-state index in [9.17, 15) is 0 Å². The summed E-state index contributed by atoms with van der Waals surface area (Å²) in [6, 6.07) is 14.5. The van der Waals surface area contributed by atoms with Crippen molar-refractivity contribution in [2.75, 3.05) is 6.61 Å². The van der Waals surface area contributed by atoms with Crippen LogP contribution in [0.5, 0.6) is 5.75 Å². The lowest BCUT2D eigenvalue weighted by atomic mass is 10.1. The van der Waals surface area contributed by atoms with Gasteiger partial charge in [-0.05, 0) is 23.8 Å². The molecule has 2 aromatic rings. The van der Waals surface area contributed by atoms with Gasteiger partial charge in [-0.1, -0.05) is 41.9 Å². The Labute approximate surface area is 117 Å². The van der Waals surface area contributed by atoms with Gasteiger partial charge in [-0.25, -0.2) is 0 Å². The fourth-order valence-electron chi connectivity index (χ4n) is 1.80. The van der Waals surface area contributed by atoms with E-state index in [1.54, 1.807) is 0 Å². The molecule has 0 amide bonds. The molecule has 1 atom stereocenters. The minimum absolute atomic E-state index is 0.114. The van der Waals surface area contributed by atoms with Crippen LogP contribution in [0.3, 0.4) is 0 Å². The van der Waals surface area contributed by atoms with E-state index >= 15 is 0 Å². The van der Waals surface area contributed by atoms with Gasteiger partial charge in [0.05, 0.1) is 12.6 Å². The number of nitrogens with two attached hydrogens (primary N) is 1. The van der Waals surface area contributed by atoms with Crippen molar-refractivity contribution >= 4 is 11.6 Å². The summed E-state index contributed by atoms with van der Waals surface area (Å²) in [5, 5.41) is 9.82. The summed E-state index contributed by atoms with van der Waals surface area (Å²) in [6.45, 7) is 0.299. The molecule has 0 aliphatic rings. The molecule has 0 saturated heterocycles. The van der Waals surface area contributed by atoms with Crippen LogP contribution in [0.4, 0.5) is 0 Å². The first-order valence-electron chi connectivity index (χ1n) is 6.03. The molecular formula is C15H16ClNO2. The third-order valence-electron chi connectivity index (χ3n) is 2.80. The molecule has 4 heteroatoms. The highest BCUT2D eigenvalue weighted by molar-refractivity contribution is 6.30. The van der Waals surface area contributed by atoms with Crippen molar-refractivity contribution in [3.8, 4) is 5.75 Å². The monoisotopic (exact) mass is 277 g/mol. The van der Waals surface area contributed by atoms with Crippen LogP contribution in [-0.2, 0) is 6.61 Å². The molecule has 0 fully saturated rings. The van der Waals surface area contributed by atoms with Gasteiger partial charge in [0.15, 0.2) is 0 Å². The molecule has 0 radical (unpaired) electrons. The van der Waals surface area contributed by atoms with Crippen LogP contribution in [0.25, 0.3) is 0 Å². The van der Waals surface area contributed by atoms with E-state index in [1.807, 2.05) is 48.5 Å². The molecule has 0 bridgehead atoms. The third kappa shape index (κ3) is 3.70. The highest BCUT2D eigenvalue weighted by Gasteiger charge is 2.10. The molecule has 19 heavy (non-hydrogen) atoms. The van der Waals surface area contributed by atoms with E-state index in [0.29, 0.717) is 17.4 Å². The Morgan fingerprint density at radius 3 is 2.68 bits per heavy atom. The summed E-state index contributed by atoms with van der Waals surface area (Å²) >= 11 is 5.92. The topological polar surface area (TPSA) is 55.5 Å². The van der Waals surface area contributed by atoms with Gasteiger partial charge in [0.25, 0.3) is 0 Å². The second kappa shape index (κ2) is 6.57. The van der Waals surface area contributed by atoms with E-state index in [2.05, 4.69) is 0 Å². The lowest BCUT2D eigenvalue weighted by Gasteiger charge is -2.15. The van der Waals surface area contributed by atoms with E-state index in [1.165, 1.54) is 0 Å². The Bertz CT molecular complexity index is 545. The van der Waals surface area contributed by atoms with Crippen LogP contribution >= 0.6 is 11.6 Å². The molecule has 0 spiro atoms. The summed E-state index contributed by atoms with van der Waals surface area (Å²) in [4.78, 5) is 0. The first-order valence-corrected chi connectivity index (χ1v) is 6.41. The smallest absolute Gasteiger partial charge is 0.124 e. The van der Waals surface area contributed by atoms with Crippen LogP contribution < -0.4 is 10.5 Å². The summed E-state index contributed by atoms with van der Waals surface area (Å²) < 4.78 is 5.75. The lowest BCUT2D eigenvalue weighted by Crippen LogP contribution is -2.15. The fraction of sp³-hybridized carbons (Fsp3) is 0.200. The summed E-state index contributed by atoms with van der Waals surface area (Å²) in [5.41, 5.74) is 7.62. The number of ether oxygens (including phenoxy) is 1. The maximum atomic E-state index is 9.14. The maximum Gasteiger partial charge on any atom is 0.124 e. The summed E-state index contributed by atoms with van der Waals surface area (Å²) in [6.07, 6.45) is 0. The Kier molecular flexibility index (Phi) is 4.80. The number of hydrogen-bond acceptors (Lipinski definition) is 3. The summed E-state index contributed by atoms with van der Waals surface area (Å²) in [5.74, 6) is 0.684. The molecule has 0 heterocycles. The van der Waals surface area contributed by atoms with E-state index in [4.69, 9.17) is 27.2 Å². The lowest BCUT2D eigenvalue weighted by molar-refractivity contribution is 0.257. The predicted molar refractivity (Wildman–Crippen MR) is 76.2 cm³/mol. The van der Waals surface area contributed by atoms with E-state index in [0.717, 1.165) is 11.1 Å². The molecule has 0 aliphatic heterocycles. The first kappa shape index (κ1) is 13.9. The molecule has 3 nitrogen and oxygen atoms in total. The van der Waals surface area contributed by atoms with Gasteiger partial charge in [-0.15, -0.1) is 0 Å². The average molecular weight is 278 g/mol. The molecule has 2 rings (SSSR count). The van der Waals surface area contributed by atoms with Crippen LogP contribution in [0.15, 0.2) is 48.5 Å². The zero-order valence-electron chi connectivity index (χ0n) is 10.4. The number of aliphatic hydroxyl groups excluding tert-OH is 1. The van der Waals surface area contributed by atoms with Crippen molar-refractivity contribution < 1.29 is 9.84 Å². The average Bonchev–Trinajstić information content (AvgIpc) is 2.45. The zero-order valence-corrected chi connectivity index (χ0v) is 11.2. The predicted octanol–water partition coefficient (Wildman–Crippen LogP) is 2.91. The van der Waals surface area contributed by atoms with Gasteiger partial charge in [-0.3, -0.25) is 0 Å².